The number of aryl methyl sites for hydroxylation is 2. The maximum Gasteiger partial charge on any atom is 0.166 e. The average Bonchev–Trinajstić information content (AvgIpc) is 3.22. The Bertz CT molecular complexity index is 1130. The molecule has 0 radical (unpaired) electrons. The van der Waals surface area contributed by atoms with Crippen LogP contribution < -0.4 is 9.64 Å². The van der Waals surface area contributed by atoms with Gasteiger partial charge in [-0.25, -0.2) is 15.0 Å². The largest absolute Gasteiger partial charge is 0.497 e. The lowest BCUT2D eigenvalue weighted by Crippen LogP contribution is -2.46. The van der Waals surface area contributed by atoms with Gasteiger partial charge in [0.15, 0.2) is 17.0 Å². The Morgan fingerprint density at radius 1 is 1.03 bits per heavy atom. The Labute approximate surface area is 195 Å². The molecule has 2 aliphatic rings. The molecule has 0 spiro atoms. The van der Waals surface area contributed by atoms with Crippen LogP contribution in [0.25, 0.3) is 22.6 Å². The van der Waals surface area contributed by atoms with Gasteiger partial charge < -0.3 is 23.8 Å². The van der Waals surface area contributed by atoms with Gasteiger partial charge in [-0.15, -0.1) is 0 Å². The summed E-state index contributed by atoms with van der Waals surface area (Å²) in [4.78, 5) is 19.9. The lowest BCUT2D eigenvalue weighted by molar-refractivity contribution is 0.0708. The minimum atomic E-state index is 0.305. The predicted octanol–water partition coefficient (Wildman–Crippen LogP) is 3.61. The van der Waals surface area contributed by atoms with E-state index >= 15 is 0 Å². The SMILES string of the molecule is CCN1CCN(c2nc(C)nc3c2nc(-c2ccc(OC)cc2C)n3C2CCOCC2)CC1. The number of hydrogen-bond acceptors (Lipinski definition) is 7. The van der Waals surface area contributed by atoms with Gasteiger partial charge in [0.25, 0.3) is 0 Å². The number of benzene rings is 1. The molecule has 2 aliphatic heterocycles. The van der Waals surface area contributed by atoms with E-state index in [1.54, 1.807) is 7.11 Å². The molecule has 2 aromatic heterocycles. The second kappa shape index (κ2) is 9.27. The van der Waals surface area contributed by atoms with E-state index in [0.29, 0.717) is 6.04 Å². The first kappa shape index (κ1) is 22.1. The summed E-state index contributed by atoms with van der Waals surface area (Å²) in [6.45, 7) is 13.0. The van der Waals surface area contributed by atoms with E-state index in [4.69, 9.17) is 24.4 Å². The van der Waals surface area contributed by atoms with E-state index < -0.39 is 0 Å². The van der Waals surface area contributed by atoms with Crippen LogP contribution in [0.3, 0.4) is 0 Å². The van der Waals surface area contributed by atoms with Gasteiger partial charge in [0.05, 0.1) is 7.11 Å². The van der Waals surface area contributed by atoms with Crippen LogP contribution in [-0.4, -0.2) is 77.5 Å². The molecule has 1 aromatic carbocycles. The third-order valence-electron chi connectivity index (χ3n) is 6.98. The van der Waals surface area contributed by atoms with Crippen molar-refractivity contribution in [2.75, 3.05) is 57.9 Å². The van der Waals surface area contributed by atoms with E-state index in [9.17, 15) is 0 Å². The van der Waals surface area contributed by atoms with Crippen molar-refractivity contribution in [3.8, 4) is 17.1 Å². The number of likely N-dealkylation sites (N-methyl/N-ethyl adjacent to an activating group) is 1. The van der Waals surface area contributed by atoms with E-state index in [1.807, 2.05) is 13.0 Å². The first-order valence-electron chi connectivity index (χ1n) is 12.1. The highest BCUT2D eigenvalue weighted by molar-refractivity contribution is 5.88. The van der Waals surface area contributed by atoms with Crippen molar-refractivity contribution in [3.05, 3.63) is 29.6 Å². The van der Waals surface area contributed by atoms with Crippen molar-refractivity contribution in [2.24, 2.45) is 0 Å². The molecule has 8 heteroatoms. The monoisotopic (exact) mass is 450 g/mol. The standard InChI is InChI=1S/C25H34N6O2/c1-5-29-10-12-30(13-11-29)24-22-25(27-18(3)26-24)31(19-8-14-33-15-9-19)23(28-22)21-7-6-20(32-4)16-17(21)2/h6-7,16,19H,5,8-15H2,1-4H3. The molecular formula is C25H34N6O2. The molecule has 33 heavy (non-hydrogen) atoms. The highest BCUT2D eigenvalue weighted by Gasteiger charge is 2.28. The lowest BCUT2D eigenvalue weighted by atomic mass is 10.1. The number of rotatable bonds is 5. The Morgan fingerprint density at radius 3 is 2.45 bits per heavy atom. The molecule has 0 atom stereocenters. The van der Waals surface area contributed by atoms with E-state index in [2.05, 4.69) is 40.3 Å². The molecule has 4 heterocycles. The van der Waals surface area contributed by atoms with E-state index in [-0.39, 0.29) is 0 Å². The van der Waals surface area contributed by atoms with Crippen LogP contribution in [0.15, 0.2) is 18.2 Å². The molecule has 0 saturated carbocycles. The van der Waals surface area contributed by atoms with Crippen LogP contribution in [0.2, 0.25) is 0 Å². The number of anilines is 1. The molecule has 8 nitrogen and oxygen atoms in total. The van der Waals surface area contributed by atoms with Crippen LogP contribution >= 0.6 is 0 Å². The maximum atomic E-state index is 5.68. The van der Waals surface area contributed by atoms with Gasteiger partial charge in [0, 0.05) is 51.0 Å². The van der Waals surface area contributed by atoms with E-state index in [0.717, 1.165) is 104 Å². The van der Waals surface area contributed by atoms with Gasteiger partial charge in [0.1, 0.15) is 17.4 Å². The predicted molar refractivity (Wildman–Crippen MR) is 130 cm³/mol. The number of hydrogen-bond donors (Lipinski definition) is 0. The van der Waals surface area contributed by atoms with Gasteiger partial charge in [-0.3, -0.25) is 0 Å². The number of piperazine rings is 1. The molecule has 5 rings (SSSR count). The number of imidazole rings is 1. The summed E-state index contributed by atoms with van der Waals surface area (Å²) >= 11 is 0. The molecule has 2 fully saturated rings. The summed E-state index contributed by atoms with van der Waals surface area (Å²) in [6, 6.07) is 6.51. The Balaban J connectivity index is 1.67. The number of nitrogens with zero attached hydrogens (tertiary/aromatic N) is 6. The minimum Gasteiger partial charge on any atom is -0.497 e. The molecule has 0 aliphatic carbocycles. The summed E-state index contributed by atoms with van der Waals surface area (Å²) in [7, 11) is 1.70. The highest BCUT2D eigenvalue weighted by Crippen LogP contribution is 2.37. The minimum absolute atomic E-state index is 0.305. The zero-order valence-electron chi connectivity index (χ0n) is 20.2. The maximum absolute atomic E-state index is 5.68. The Morgan fingerprint density at radius 2 is 1.79 bits per heavy atom. The van der Waals surface area contributed by atoms with Crippen molar-refractivity contribution >= 4 is 17.0 Å². The fourth-order valence-corrected chi connectivity index (χ4v) is 5.06. The second-order valence-corrected chi connectivity index (χ2v) is 9.02. The smallest absolute Gasteiger partial charge is 0.166 e. The third kappa shape index (κ3) is 4.17. The molecule has 0 amide bonds. The zero-order valence-corrected chi connectivity index (χ0v) is 20.2. The number of aromatic nitrogens is 4. The normalized spacial score (nSPS) is 18.2. The van der Waals surface area contributed by atoms with Crippen molar-refractivity contribution < 1.29 is 9.47 Å². The fourth-order valence-electron chi connectivity index (χ4n) is 5.06. The highest BCUT2D eigenvalue weighted by atomic mass is 16.5. The van der Waals surface area contributed by atoms with Crippen molar-refractivity contribution in [1.82, 2.24) is 24.4 Å². The molecule has 0 unspecified atom stereocenters. The summed E-state index contributed by atoms with van der Waals surface area (Å²) in [6.07, 6.45) is 1.92. The van der Waals surface area contributed by atoms with Gasteiger partial charge in [-0.05, 0) is 57.0 Å². The van der Waals surface area contributed by atoms with Crippen LogP contribution in [-0.2, 0) is 4.74 Å². The van der Waals surface area contributed by atoms with Crippen LogP contribution in [0.4, 0.5) is 5.82 Å². The lowest BCUT2D eigenvalue weighted by Gasteiger charge is -2.34. The second-order valence-electron chi connectivity index (χ2n) is 9.02. The molecular weight excluding hydrogens is 416 g/mol. The zero-order chi connectivity index (χ0) is 22.9. The van der Waals surface area contributed by atoms with E-state index in [1.165, 1.54) is 0 Å². The first-order valence-corrected chi connectivity index (χ1v) is 12.1. The first-order chi connectivity index (χ1) is 16.1. The Kier molecular flexibility index (Phi) is 6.21. The third-order valence-corrected chi connectivity index (χ3v) is 6.98. The quantitative estimate of drug-likeness (QED) is 0.588. The molecule has 2 saturated heterocycles. The topological polar surface area (TPSA) is 68.5 Å². The van der Waals surface area contributed by atoms with Crippen molar-refractivity contribution in [1.29, 1.82) is 0 Å². The number of fused-ring (bicyclic) bond motifs is 1. The molecule has 0 N–H and O–H groups in total. The average molecular weight is 451 g/mol. The van der Waals surface area contributed by atoms with Crippen LogP contribution in [0.5, 0.6) is 5.75 Å². The number of methoxy groups -OCH3 is 1. The van der Waals surface area contributed by atoms with Crippen molar-refractivity contribution in [3.63, 3.8) is 0 Å². The van der Waals surface area contributed by atoms with Crippen LogP contribution in [0.1, 0.15) is 37.2 Å². The molecule has 0 bridgehead atoms. The fraction of sp³-hybridized carbons (Fsp3) is 0.560. The Hall–Kier alpha value is -2.71. The van der Waals surface area contributed by atoms with Gasteiger partial charge in [-0.1, -0.05) is 6.92 Å². The summed E-state index contributed by atoms with van der Waals surface area (Å²) < 4.78 is 13.5. The summed E-state index contributed by atoms with van der Waals surface area (Å²) in [5.41, 5.74) is 4.09. The molecule has 176 valence electrons. The van der Waals surface area contributed by atoms with Gasteiger partial charge >= 0.3 is 0 Å². The summed E-state index contributed by atoms with van der Waals surface area (Å²) in [5, 5.41) is 0. The number of ether oxygens (including phenoxy) is 2. The van der Waals surface area contributed by atoms with Gasteiger partial charge in [0.2, 0.25) is 0 Å². The molecule has 3 aromatic rings. The van der Waals surface area contributed by atoms with Crippen molar-refractivity contribution in [2.45, 2.75) is 39.7 Å². The van der Waals surface area contributed by atoms with Crippen LogP contribution in [0, 0.1) is 13.8 Å². The summed E-state index contributed by atoms with van der Waals surface area (Å²) in [5.74, 6) is 3.58. The van der Waals surface area contributed by atoms with Gasteiger partial charge in [-0.2, -0.15) is 0 Å².